The van der Waals surface area contributed by atoms with E-state index in [1.54, 1.807) is 0 Å². The first-order chi connectivity index (χ1) is 7.16. The Morgan fingerprint density at radius 3 is 2.60 bits per heavy atom. The molecule has 1 N–H and O–H groups in total. The highest BCUT2D eigenvalue weighted by atomic mass is 15.2. The zero-order valence-electron chi connectivity index (χ0n) is 9.70. The second-order valence-corrected chi connectivity index (χ2v) is 4.54. The van der Waals surface area contributed by atoms with Gasteiger partial charge in [-0.1, -0.05) is 0 Å². The summed E-state index contributed by atoms with van der Waals surface area (Å²) in [7, 11) is 0. The van der Waals surface area contributed by atoms with Crippen molar-refractivity contribution in [1.82, 2.24) is 10.3 Å². The maximum atomic E-state index is 4.21. The maximum absolute atomic E-state index is 4.21. The average Bonchev–Trinajstić information content (AvgIpc) is 2.16. The van der Waals surface area contributed by atoms with Gasteiger partial charge in [0.25, 0.3) is 0 Å². The first kappa shape index (κ1) is 10.4. The molecule has 0 spiro atoms. The summed E-state index contributed by atoms with van der Waals surface area (Å²) in [5, 5.41) is 3.54. The molecule has 15 heavy (non-hydrogen) atoms. The predicted molar refractivity (Wildman–Crippen MR) is 63.2 cm³/mol. The normalized spacial score (nSPS) is 26.7. The molecule has 2 rings (SSSR count). The lowest BCUT2D eigenvalue weighted by Gasteiger charge is -2.38. The summed E-state index contributed by atoms with van der Waals surface area (Å²) in [6.07, 6.45) is 3.83. The van der Waals surface area contributed by atoms with Crippen molar-refractivity contribution in [3.8, 4) is 0 Å². The molecule has 1 aromatic rings. The molecule has 1 aliphatic heterocycles. The molecule has 2 atom stereocenters. The molecule has 0 aliphatic carbocycles. The van der Waals surface area contributed by atoms with Gasteiger partial charge in [0.2, 0.25) is 0 Å². The fraction of sp³-hybridized carbons (Fsp3) is 0.583. The van der Waals surface area contributed by atoms with E-state index >= 15 is 0 Å². The Hall–Kier alpha value is -1.09. The van der Waals surface area contributed by atoms with Gasteiger partial charge in [-0.05, 0) is 32.4 Å². The molecule has 0 radical (unpaired) electrons. The van der Waals surface area contributed by atoms with Crippen LogP contribution in [0.25, 0.3) is 0 Å². The van der Waals surface area contributed by atoms with Crippen molar-refractivity contribution in [3.63, 3.8) is 0 Å². The molecular formula is C12H19N3. The number of rotatable bonds is 1. The Morgan fingerprint density at radius 1 is 1.33 bits per heavy atom. The molecule has 82 valence electrons. The van der Waals surface area contributed by atoms with Crippen LogP contribution in [0.1, 0.15) is 19.4 Å². The lowest BCUT2D eigenvalue weighted by Crippen LogP contribution is -2.54. The molecule has 0 saturated carbocycles. The summed E-state index contributed by atoms with van der Waals surface area (Å²) < 4.78 is 0. The highest BCUT2D eigenvalue weighted by molar-refractivity contribution is 5.51. The number of piperazine rings is 1. The Labute approximate surface area is 91.5 Å². The lowest BCUT2D eigenvalue weighted by atomic mass is 10.1. The van der Waals surface area contributed by atoms with E-state index in [9.17, 15) is 0 Å². The van der Waals surface area contributed by atoms with E-state index in [-0.39, 0.29) is 0 Å². The van der Waals surface area contributed by atoms with Gasteiger partial charge >= 0.3 is 0 Å². The van der Waals surface area contributed by atoms with E-state index in [4.69, 9.17) is 0 Å². The second-order valence-electron chi connectivity index (χ2n) is 4.54. The van der Waals surface area contributed by atoms with E-state index < -0.39 is 0 Å². The molecule has 0 aromatic carbocycles. The minimum atomic E-state index is 0.549. The van der Waals surface area contributed by atoms with Crippen molar-refractivity contribution in [2.45, 2.75) is 32.9 Å². The first-order valence-corrected chi connectivity index (χ1v) is 5.58. The Kier molecular flexibility index (Phi) is 2.91. The van der Waals surface area contributed by atoms with Crippen LogP contribution >= 0.6 is 0 Å². The lowest BCUT2D eigenvalue weighted by molar-refractivity contribution is 0.406. The third-order valence-electron chi connectivity index (χ3n) is 2.91. The number of aromatic nitrogens is 1. The van der Waals surface area contributed by atoms with Crippen LogP contribution in [0.15, 0.2) is 18.5 Å². The van der Waals surface area contributed by atoms with E-state index in [0.717, 1.165) is 13.1 Å². The van der Waals surface area contributed by atoms with Crippen molar-refractivity contribution < 1.29 is 0 Å². The molecule has 0 amide bonds. The summed E-state index contributed by atoms with van der Waals surface area (Å²) in [6, 6.07) is 3.17. The monoisotopic (exact) mass is 205 g/mol. The SMILES string of the molecule is Cc1ccncc1N1CC(C)NC(C)C1. The molecular weight excluding hydrogens is 186 g/mol. The van der Waals surface area contributed by atoms with Gasteiger partial charge in [-0.2, -0.15) is 0 Å². The quantitative estimate of drug-likeness (QED) is 0.754. The van der Waals surface area contributed by atoms with Crippen LogP contribution in [0.4, 0.5) is 5.69 Å². The van der Waals surface area contributed by atoms with Gasteiger partial charge in [-0.3, -0.25) is 4.98 Å². The third-order valence-corrected chi connectivity index (χ3v) is 2.91. The summed E-state index contributed by atoms with van der Waals surface area (Å²) in [5.41, 5.74) is 2.59. The van der Waals surface area contributed by atoms with Crippen molar-refractivity contribution in [1.29, 1.82) is 0 Å². The van der Waals surface area contributed by atoms with Crippen LogP contribution in [0.5, 0.6) is 0 Å². The smallest absolute Gasteiger partial charge is 0.0583 e. The fourth-order valence-corrected chi connectivity index (χ4v) is 2.31. The Morgan fingerprint density at radius 2 is 2.00 bits per heavy atom. The molecule has 1 aromatic heterocycles. The number of pyridine rings is 1. The van der Waals surface area contributed by atoms with E-state index in [2.05, 4.69) is 42.0 Å². The van der Waals surface area contributed by atoms with Gasteiger partial charge in [-0.15, -0.1) is 0 Å². The largest absolute Gasteiger partial charge is 0.367 e. The number of hydrogen-bond donors (Lipinski definition) is 1. The van der Waals surface area contributed by atoms with Gasteiger partial charge < -0.3 is 10.2 Å². The minimum Gasteiger partial charge on any atom is -0.367 e. The second kappa shape index (κ2) is 4.19. The molecule has 0 bridgehead atoms. The van der Waals surface area contributed by atoms with E-state index in [0.29, 0.717) is 12.1 Å². The van der Waals surface area contributed by atoms with Gasteiger partial charge in [0.1, 0.15) is 0 Å². The summed E-state index contributed by atoms with van der Waals surface area (Å²) in [5.74, 6) is 0. The van der Waals surface area contributed by atoms with E-state index in [1.165, 1.54) is 11.3 Å². The molecule has 2 heterocycles. The molecule has 1 aliphatic rings. The Bertz CT molecular complexity index is 327. The number of nitrogens with zero attached hydrogens (tertiary/aromatic N) is 2. The van der Waals surface area contributed by atoms with Crippen LogP contribution in [-0.4, -0.2) is 30.2 Å². The van der Waals surface area contributed by atoms with E-state index in [1.807, 2.05) is 12.4 Å². The predicted octanol–water partition coefficient (Wildman–Crippen LogP) is 1.58. The fourth-order valence-electron chi connectivity index (χ4n) is 2.31. The van der Waals surface area contributed by atoms with Crippen molar-refractivity contribution in [3.05, 3.63) is 24.0 Å². The number of hydrogen-bond acceptors (Lipinski definition) is 3. The number of anilines is 1. The van der Waals surface area contributed by atoms with Gasteiger partial charge in [-0.25, -0.2) is 0 Å². The zero-order valence-corrected chi connectivity index (χ0v) is 9.70. The van der Waals surface area contributed by atoms with Crippen LogP contribution < -0.4 is 10.2 Å². The average molecular weight is 205 g/mol. The van der Waals surface area contributed by atoms with Crippen LogP contribution in [-0.2, 0) is 0 Å². The summed E-state index contributed by atoms with van der Waals surface area (Å²) in [6.45, 7) is 8.74. The summed E-state index contributed by atoms with van der Waals surface area (Å²) >= 11 is 0. The standard InChI is InChI=1S/C12H19N3/c1-9-4-5-13-6-12(9)15-7-10(2)14-11(3)8-15/h4-6,10-11,14H,7-8H2,1-3H3. The number of aryl methyl sites for hydroxylation is 1. The molecule has 1 saturated heterocycles. The first-order valence-electron chi connectivity index (χ1n) is 5.58. The minimum absolute atomic E-state index is 0.549. The molecule has 3 nitrogen and oxygen atoms in total. The highest BCUT2D eigenvalue weighted by Gasteiger charge is 2.21. The van der Waals surface area contributed by atoms with Crippen molar-refractivity contribution >= 4 is 5.69 Å². The van der Waals surface area contributed by atoms with Crippen LogP contribution in [0, 0.1) is 6.92 Å². The van der Waals surface area contributed by atoms with Gasteiger partial charge in [0, 0.05) is 31.4 Å². The molecule has 1 fully saturated rings. The Balaban J connectivity index is 2.20. The van der Waals surface area contributed by atoms with Crippen molar-refractivity contribution in [2.24, 2.45) is 0 Å². The topological polar surface area (TPSA) is 28.2 Å². The summed E-state index contributed by atoms with van der Waals surface area (Å²) in [4.78, 5) is 6.63. The zero-order chi connectivity index (χ0) is 10.8. The molecule has 3 heteroatoms. The molecule has 2 unspecified atom stereocenters. The highest BCUT2D eigenvalue weighted by Crippen LogP contribution is 2.20. The van der Waals surface area contributed by atoms with Gasteiger partial charge in [0.05, 0.1) is 11.9 Å². The van der Waals surface area contributed by atoms with Crippen LogP contribution in [0.3, 0.4) is 0 Å². The van der Waals surface area contributed by atoms with Gasteiger partial charge in [0.15, 0.2) is 0 Å². The third kappa shape index (κ3) is 2.29. The maximum Gasteiger partial charge on any atom is 0.0583 e. The number of nitrogens with one attached hydrogen (secondary N) is 1. The van der Waals surface area contributed by atoms with Crippen LogP contribution in [0.2, 0.25) is 0 Å². The van der Waals surface area contributed by atoms with Crippen molar-refractivity contribution in [2.75, 3.05) is 18.0 Å².